The van der Waals surface area contributed by atoms with Crippen LogP contribution in [0.15, 0.2) is 85.1 Å². The van der Waals surface area contributed by atoms with E-state index < -0.39 is 6.10 Å². The van der Waals surface area contributed by atoms with E-state index in [4.69, 9.17) is 14.2 Å². The Hall–Kier alpha value is -3.41. The molecule has 390 valence electrons. The van der Waals surface area contributed by atoms with Crippen molar-refractivity contribution >= 4 is 17.9 Å². The van der Waals surface area contributed by atoms with Gasteiger partial charge >= 0.3 is 17.9 Å². The van der Waals surface area contributed by atoms with Crippen molar-refractivity contribution in [2.24, 2.45) is 0 Å². The molecule has 0 bridgehead atoms. The molecule has 0 aliphatic heterocycles. The van der Waals surface area contributed by atoms with Crippen LogP contribution in [0.4, 0.5) is 0 Å². The third kappa shape index (κ3) is 53.5. The maximum atomic E-state index is 12.9. The number of allylic oxidation sites excluding steroid dienone is 14. The summed E-state index contributed by atoms with van der Waals surface area (Å²) in [6, 6.07) is 0. The Bertz CT molecular complexity index is 1320. The third-order valence-corrected chi connectivity index (χ3v) is 12.1. The van der Waals surface area contributed by atoms with Crippen molar-refractivity contribution in [3.05, 3.63) is 85.1 Å². The van der Waals surface area contributed by atoms with Crippen molar-refractivity contribution in [3.63, 3.8) is 0 Å². The molecule has 0 spiro atoms. The highest BCUT2D eigenvalue weighted by molar-refractivity contribution is 5.71. The summed E-state index contributed by atoms with van der Waals surface area (Å²) < 4.78 is 16.8. The molecule has 0 heterocycles. The van der Waals surface area contributed by atoms with E-state index in [1.165, 1.54) is 109 Å². The number of ether oxygens (including phenoxy) is 3. The van der Waals surface area contributed by atoms with Crippen molar-refractivity contribution in [1.82, 2.24) is 0 Å². The topological polar surface area (TPSA) is 78.9 Å². The molecule has 0 N–H and O–H groups in total. The van der Waals surface area contributed by atoms with Gasteiger partial charge in [0.05, 0.1) is 0 Å². The van der Waals surface area contributed by atoms with Crippen LogP contribution in [0, 0.1) is 0 Å². The Kier molecular flexibility index (Phi) is 53.4. The monoisotopic (exact) mass is 947 g/mol. The maximum absolute atomic E-state index is 12.9. The van der Waals surface area contributed by atoms with Gasteiger partial charge in [0.25, 0.3) is 0 Å². The zero-order valence-electron chi connectivity index (χ0n) is 44.6. The van der Waals surface area contributed by atoms with E-state index in [1.54, 1.807) is 0 Å². The van der Waals surface area contributed by atoms with E-state index in [0.29, 0.717) is 19.3 Å². The van der Waals surface area contributed by atoms with Gasteiger partial charge in [-0.05, 0) is 96.3 Å². The number of unbranched alkanes of at least 4 members (excludes halogenated alkanes) is 26. The minimum Gasteiger partial charge on any atom is -0.462 e. The summed E-state index contributed by atoms with van der Waals surface area (Å²) in [4.78, 5) is 38.1. The van der Waals surface area contributed by atoms with E-state index >= 15 is 0 Å². The number of carbonyl (C=O) groups is 3. The van der Waals surface area contributed by atoms with Crippen LogP contribution in [0.25, 0.3) is 0 Å². The minimum atomic E-state index is -0.795. The fraction of sp³-hybridized carbons (Fsp3) is 0.726. The van der Waals surface area contributed by atoms with Gasteiger partial charge in [0.15, 0.2) is 6.10 Å². The molecule has 68 heavy (non-hydrogen) atoms. The first kappa shape index (κ1) is 64.6. The Morgan fingerprint density at radius 1 is 0.309 bits per heavy atom. The van der Waals surface area contributed by atoms with Gasteiger partial charge in [-0.15, -0.1) is 0 Å². The summed E-state index contributed by atoms with van der Waals surface area (Å²) in [5, 5.41) is 0. The molecule has 0 radical (unpaired) electrons. The molecular formula is C62H106O6. The molecule has 0 aliphatic rings. The Balaban J connectivity index is 4.45. The van der Waals surface area contributed by atoms with Gasteiger partial charge < -0.3 is 14.2 Å². The molecule has 6 nitrogen and oxygen atoms in total. The normalized spacial score (nSPS) is 12.7. The number of hydrogen-bond acceptors (Lipinski definition) is 6. The standard InChI is InChI=1S/C62H106O6/c1-4-7-10-13-16-19-22-25-28-30-31-32-35-37-40-43-46-49-52-55-61(64)67-58-59(57-66-60(63)54-51-48-45-42-39-36-33-27-24-21-18-15-12-9-6-3)68-62(65)56-53-50-47-44-41-38-34-29-26-23-20-17-14-11-8-5-2/h7,10,16,18-19,21,25,27-28,31-33,37,40,59H,4-6,8-9,11-15,17,20,22-24,26,29-30,34-36,38-39,41-58H2,1-3H3/b10-7-,19-16-,21-18-,28-25-,32-31-,33-27-,40-37-/t59-/m1/s1. The molecule has 0 fully saturated rings. The minimum absolute atomic E-state index is 0.0929. The molecule has 0 aromatic heterocycles. The van der Waals surface area contributed by atoms with Crippen LogP contribution in [0.5, 0.6) is 0 Å². The SMILES string of the molecule is CC/C=C\C/C=C\C/C=C\C/C=C\C/C=C\CCCCCC(=O)OC[C@@H](COC(=O)CCCCCCC/C=C\C/C=C\CCCCC)OC(=O)CCCCCCCCCCCCCCCCCC. The lowest BCUT2D eigenvalue weighted by Crippen LogP contribution is -2.30. The number of rotatable bonds is 51. The van der Waals surface area contributed by atoms with Crippen molar-refractivity contribution in [1.29, 1.82) is 0 Å². The first-order chi connectivity index (χ1) is 33.5. The van der Waals surface area contributed by atoms with Crippen molar-refractivity contribution < 1.29 is 28.6 Å². The highest BCUT2D eigenvalue weighted by Crippen LogP contribution is 2.15. The molecule has 0 saturated carbocycles. The molecule has 0 saturated heterocycles. The van der Waals surface area contributed by atoms with Crippen LogP contribution < -0.4 is 0 Å². The quantitative estimate of drug-likeness (QED) is 0.0262. The van der Waals surface area contributed by atoms with Crippen LogP contribution >= 0.6 is 0 Å². The summed E-state index contributed by atoms with van der Waals surface area (Å²) >= 11 is 0. The number of carbonyl (C=O) groups excluding carboxylic acids is 3. The molecule has 0 aliphatic carbocycles. The molecule has 0 rings (SSSR count). The lowest BCUT2D eigenvalue weighted by Gasteiger charge is -2.18. The zero-order valence-corrected chi connectivity index (χ0v) is 44.6. The van der Waals surface area contributed by atoms with Crippen LogP contribution in [-0.2, 0) is 28.6 Å². The van der Waals surface area contributed by atoms with E-state index in [1.807, 2.05) is 0 Å². The van der Waals surface area contributed by atoms with Crippen LogP contribution in [0.2, 0.25) is 0 Å². The second-order valence-corrected chi connectivity index (χ2v) is 18.8. The second-order valence-electron chi connectivity index (χ2n) is 18.8. The molecule has 1 atom stereocenters. The van der Waals surface area contributed by atoms with Gasteiger partial charge in [0.1, 0.15) is 13.2 Å². The predicted molar refractivity (Wildman–Crippen MR) is 293 cm³/mol. The molecule has 0 aromatic rings. The average Bonchev–Trinajstić information content (AvgIpc) is 3.34. The molecular weight excluding hydrogens is 841 g/mol. The van der Waals surface area contributed by atoms with Gasteiger partial charge in [-0.2, -0.15) is 0 Å². The van der Waals surface area contributed by atoms with Crippen molar-refractivity contribution in [2.75, 3.05) is 13.2 Å². The zero-order chi connectivity index (χ0) is 49.3. The first-order valence-electron chi connectivity index (χ1n) is 28.6. The number of esters is 3. The van der Waals surface area contributed by atoms with E-state index in [0.717, 1.165) is 122 Å². The van der Waals surface area contributed by atoms with E-state index in [-0.39, 0.29) is 31.1 Å². The van der Waals surface area contributed by atoms with E-state index in [9.17, 15) is 14.4 Å². The van der Waals surface area contributed by atoms with E-state index in [2.05, 4.69) is 106 Å². The Morgan fingerprint density at radius 2 is 0.574 bits per heavy atom. The highest BCUT2D eigenvalue weighted by atomic mass is 16.6. The fourth-order valence-corrected chi connectivity index (χ4v) is 7.85. The highest BCUT2D eigenvalue weighted by Gasteiger charge is 2.19. The summed E-state index contributed by atoms with van der Waals surface area (Å²) in [5.41, 5.74) is 0. The summed E-state index contributed by atoms with van der Waals surface area (Å²) in [6.45, 7) is 6.48. The Morgan fingerprint density at radius 3 is 0.941 bits per heavy atom. The smallest absolute Gasteiger partial charge is 0.306 e. The fourth-order valence-electron chi connectivity index (χ4n) is 7.85. The van der Waals surface area contributed by atoms with Crippen molar-refractivity contribution in [3.8, 4) is 0 Å². The second kappa shape index (κ2) is 56.2. The maximum Gasteiger partial charge on any atom is 0.306 e. The molecule has 6 heteroatoms. The van der Waals surface area contributed by atoms with Gasteiger partial charge in [0.2, 0.25) is 0 Å². The van der Waals surface area contributed by atoms with Crippen LogP contribution in [0.3, 0.4) is 0 Å². The largest absolute Gasteiger partial charge is 0.462 e. The summed E-state index contributed by atoms with van der Waals surface area (Å²) in [5.74, 6) is -0.931. The molecule has 0 unspecified atom stereocenters. The first-order valence-corrected chi connectivity index (χ1v) is 28.6. The molecule has 0 aromatic carbocycles. The average molecular weight is 948 g/mol. The van der Waals surface area contributed by atoms with Gasteiger partial charge in [-0.1, -0.05) is 241 Å². The lowest BCUT2D eigenvalue weighted by molar-refractivity contribution is -0.167. The Labute approximate surface area is 420 Å². The van der Waals surface area contributed by atoms with Gasteiger partial charge in [-0.25, -0.2) is 0 Å². The summed E-state index contributed by atoms with van der Waals surface area (Å²) in [6.07, 6.45) is 72.8. The molecule has 0 amide bonds. The lowest BCUT2D eigenvalue weighted by atomic mass is 10.0. The van der Waals surface area contributed by atoms with Gasteiger partial charge in [-0.3, -0.25) is 14.4 Å². The summed E-state index contributed by atoms with van der Waals surface area (Å²) in [7, 11) is 0. The van der Waals surface area contributed by atoms with Crippen LogP contribution in [-0.4, -0.2) is 37.2 Å². The van der Waals surface area contributed by atoms with Crippen molar-refractivity contribution in [2.45, 2.75) is 277 Å². The third-order valence-electron chi connectivity index (χ3n) is 12.1. The van der Waals surface area contributed by atoms with Gasteiger partial charge in [0, 0.05) is 19.3 Å². The van der Waals surface area contributed by atoms with Crippen LogP contribution in [0.1, 0.15) is 271 Å². The number of hydrogen-bond donors (Lipinski definition) is 0. The predicted octanol–water partition coefficient (Wildman–Crippen LogP) is 19.2.